The molecule has 6 heteroatoms. The molecule has 0 spiro atoms. The second-order valence-electron chi connectivity index (χ2n) is 4.99. The van der Waals surface area contributed by atoms with Crippen molar-refractivity contribution in [2.75, 3.05) is 13.2 Å². The van der Waals surface area contributed by atoms with Crippen LogP contribution in [0.3, 0.4) is 0 Å². The zero-order chi connectivity index (χ0) is 15.1. The van der Waals surface area contributed by atoms with Crippen LogP contribution < -0.4 is 10.6 Å². The van der Waals surface area contributed by atoms with Gasteiger partial charge in [-0.2, -0.15) is 0 Å². The summed E-state index contributed by atoms with van der Waals surface area (Å²) in [4.78, 5) is 16.1. The number of aliphatic hydroxyl groups excluding tert-OH is 1. The number of hydrogen-bond donors (Lipinski definition) is 3. The van der Waals surface area contributed by atoms with Crippen molar-refractivity contribution in [3.8, 4) is 0 Å². The number of carbonyl (C=O) groups is 1. The van der Waals surface area contributed by atoms with Gasteiger partial charge in [-0.05, 0) is 31.9 Å². The zero-order valence-electron chi connectivity index (χ0n) is 12.1. The fourth-order valence-corrected chi connectivity index (χ4v) is 3.02. The lowest BCUT2D eigenvalue weighted by Gasteiger charge is -2.13. The molecule has 2 aromatic rings. The first-order valence-electron chi connectivity index (χ1n) is 7.18. The van der Waals surface area contributed by atoms with E-state index in [-0.39, 0.29) is 18.7 Å². The Morgan fingerprint density at radius 1 is 1.43 bits per heavy atom. The van der Waals surface area contributed by atoms with E-state index in [1.54, 1.807) is 11.3 Å². The van der Waals surface area contributed by atoms with E-state index in [1.165, 1.54) is 4.70 Å². The highest BCUT2D eigenvalue weighted by atomic mass is 32.1. The van der Waals surface area contributed by atoms with Crippen LogP contribution in [0.1, 0.15) is 24.8 Å². The first kappa shape index (κ1) is 15.7. The lowest BCUT2D eigenvalue weighted by molar-refractivity contribution is 0.231. The largest absolute Gasteiger partial charge is 0.396 e. The maximum absolute atomic E-state index is 11.6. The number of nitrogens with one attached hydrogen (secondary N) is 2. The number of aliphatic hydroxyl groups is 1. The Morgan fingerprint density at radius 3 is 3.00 bits per heavy atom. The van der Waals surface area contributed by atoms with E-state index < -0.39 is 0 Å². The topological polar surface area (TPSA) is 74.2 Å². The third-order valence-corrected chi connectivity index (χ3v) is 4.23. The van der Waals surface area contributed by atoms with Crippen LogP contribution in [-0.2, 0) is 6.42 Å². The first-order valence-corrected chi connectivity index (χ1v) is 8.00. The van der Waals surface area contributed by atoms with Crippen LogP contribution in [-0.4, -0.2) is 35.3 Å². The summed E-state index contributed by atoms with van der Waals surface area (Å²) in [6.45, 7) is 2.57. The summed E-state index contributed by atoms with van der Waals surface area (Å²) in [7, 11) is 0. The molecule has 0 aliphatic carbocycles. The minimum absolute atomic E-state index is 0.0146. The van der Waals surface area contributed by atoms with Crippen molar-refractivity contribution >= 4 is 27.6 Å². The average Bonchev–Trinajstić information content (AvgIpc) is 2.86. The highest BCUT2D eigenvalue weighted by Gasteiger charge is 2.06. The Kier molecular flexibility index (Phi) is 5.95. The fraction of sp³-hybridized carbons (Fsp3) is 0.467. The molecule has 0 saturated heterocycles. The quantitative estimate of drug-likeness (QED) is 0.687. The van der Waals surface area contributed by atoms with Gasteiger partial charge in [0.25, 0.3) is 0 Å². The molecule has 0 saturated carbocycles. The normalized spacial score (nSPS) is 12.3. The van der Waals surface area contributed by atoms with Crippen LogP contribution in [0, 0.1) is 0 Å². The summed E-state index contributed by atoms with van der Waals surface area (Å²) >= 11 is 1.71. The van der Waals surface area contributed by atoms with Crippen molar-refractivity contribution in [2.45, 2.75) is 32.2 Å². The Hall–Kier alpha value is -1.66. The molecule has 21 heavy (non-hydrogen) atoms. The molecule has 0 aliphatic rings. The molecule has 1 aromatic carbocycles. The third-order valence-electron chi connectivity index (χ3n) is 3.13. The van der Waals surface area contributed by atoms with Crippen molar-refractivity contribution in [1.29, 1.82) is 0 Å². The van der Waals surface area contributed by atoms with Gasteiger partial charge in [0.2, 0.25) is 0 Å². The molecular formula is C15H21N3O2S. The van der Waals surface area contributed by atoms with Gasteiger partial charge in [-0.15, -0.1) is 11.3 Å². The van der Waals surface area contributed by atoms with Crippen LogP contribution in [0.25, 0.3) is 10.2 Å². The van der Waals surface area contributed by atoms with E-state index in [2.05, 4.69) is 21.7 Å². The van der Waals surface area contributed by atoms with Gasteiger partial charge < -0.3 is 15.7 Å². The highest BCUT2D eigenvalue weighted by Crippen LogP contribution is 2.22. The molecule has 2 rings (SSSR count). The number of carbonyl (C=O) groups excluding carboxylic acids is 1. The molecule has 0 bridgehead atoms. The van der Waals surface area contributed by atoms with Crippen LogP contribution in [0.4, 0.5) is 4.79 Å². The SMILES string of the molecule is C[C@H](CCO)NC(=O)NCCCc1nc2ccccc2s1. The second kappa shape index (κ2) is 7.95. The highest BCUT2D eigenvalue weighted by molar-refractivity contribution is 7.18. The number of rotatable bonds is 7. The summed E-state index contributed by atoms with van der Waals surface area (Å²) in [6, 6.07) is 7.91. The molecule has 1 atom stereocenters. The number of hydrogen-bond acceptors (Lipinski definition) is 4. The van der Waals surface area contributed by atoms with Gasteiger partial charge in [0.1, 0.15) is 0 Å². The number of thiazole rings is 1. The summed E-state index contributed by atoms with van der Waals surface area (Å²) in [5.74, 6) is 0. The molecule has 114 valence electrons. The van der Waals surface area contributed by atoms with Gasteiger partial charge >= 0.3 is 6.03 Å². The number of urea groups is 1. The smallest absolute Gasteiger partial charge is 0.314 e. The van der Waals surface area contributed by atoms with Crippen LogP contribution in [0.2, 0.25) is 0 Å². The van der Waals surface area contributed by atoms with Gasteiger partial charge in [-0.1, -0.05) is 12.1 Å². The van der Waals surface area contributed by atoms with Crippen LogP contribution in [0.5, 0.6) is 0 Å². The van der Waals surface area contributed by atoms with E-state index in [9.17, 15) is 4.79 Å². The summed E-state index contributed by atoms with van der Waals surface area (Å²) in [5.41, 5.74) is 1.04. The Bertz CT molecular complexity index is 552. The van der Waals surface area contributed by atoms with Gasteiger partial charge in [0, 0.05) is 25.6 Å². The van der Waals surface area contributed by atoms with Crippen molar-refractivity contribution in [2.24, 2.45) is 0 Å². The molecule has 0 radical (unpaired) electrons. The molecule has 3 N–H and O–H groups in total. The molecule has 0 unspecified atom stereocenters. The first-order chi connectivity index (χ1) is 10.2. The Labute approximate surface area is 128 Å². The molecule has 0 aliphatic heterocycles. The molecule has 2 amide bonds. The van der Waals surface area contributed by atoms with Crippen molar-refractivity contribution in [3.05, 3.63) is 29.3 Å². The number of aromatic nitrogens is 1. The zero-order valence-corrected chi connectivity index (χ0v) is 12.9. The summed E-state index contributed by atoms with van der Waals surface area (Å²) in [6.07, 6.45) is 2.30. The lowest BCUT2D eigenvalue weighted by Crippen LogP contribution is -2.41. The van der Waals surface area contributed by atoms with Gasteiger partial charge in [0.15, 0.2) is 0 Å². The van der Waals surface area contributed by atoms with E-state index in [0.29, 0.717) is 13.0 Å². The molecular weight excluding hydrogens is 286 g/mol. The number of aryl methyl sites for hydroxylation is 1. The van der Waals surface area contributed by atoms with Crippen molar-refractivity contribution < 1.29 is 9.90 Å². The standard InChI is InChI=1S/C15H21N3O2S/c1-11(8-10-19)17-15(20)16-9-4-7-14-18-12-5-2-3-6-13(12)21-14/h2-3,5-6,11,19H,4,7-10H2,1H3,(H2,16,17,20)/t11-/m1/s1. The van der Waals surface area contributed by atoms with E-state index in [0.717, 1.165) is 23.4 Å². The Balaban J connectivity index is 1.68. The average molecular weight is 307 g/mol. The predicted octanol–water partition coefficient (Wildman–Crippen LogP) is 2.30. The maximum atomic E-state index is 11.6. The molecule has 1 aromatic heterocycles. The number of nitrogens with zero attached hydrogens (tertiary/aromatic N) is 1. The minimum Gasteiger partial charge on any atom is -0.396 e. The number of amides is 2. The fourth-order valence-electron chi connectivity index (χ4n) is 2.01. The van der Waals surface area contributed by atoms with Crippen LogP contribution in [0.15, 0.2) is 24.3 Å². The van der Waals surface area contributed by atoms with E-state index >= 15 is 0 Å². The van der Waals surface area contributed by atoms with E-state index in [1.807, 2.05) is 25.1 Å². The van der Waals surface area contributed by atoms with Crippen molar-refractivity contribution in [3.63, 3.8) is 0 Å². The molecule has 5 nitrogen and oxygen atoms in total. The summed E-state index contributed by atoms with van der Waals surface area (Å²) < 4.78 is 1.20. The maximum Gasteiger partial charge on any atom is 0.314 e. The van der Waals surface area contributed by atoms with Gasteiger partial charge in [-0.25, -0.2) is 9.78 Å². The molecule has 1 heterocycles. The van der Waals surface area contributed by atoms with Gasteiger partial charge in [0.05, 0.1) is 15.2 Å². The predicted molar refractivity (Wildman–Crippen MR) is 85.6 cm³/mol. The monoisotopic (exact) mass is 307 g/mol. The number of benzene rings is 1. The van der Waals surface area contributed by atoms with E-state index in [4.69, 9.17) is 5.11 Å². The molecule has 0 fully saturated rings. The lowest BCUT2D eigenvalue weighted by atomic mass is 10.2. The number of para-hydroxylation sites is 1. The van der Waals surface area contributed by atoms with Crippen LogP contribution >= 0.6 is 11.3 Å². The second-order valence-corrected chi connectivity index (χ2v) is 6.11. The number of fused-ring (bicyclic) bond motifs is 1. The Morgan fingerprint density at radius 2 is 2.24 bits per heavy atom. The summed E-state index contributed by atoms with van der Waals surface area (Å²) in [5, 5.41) is 15.5. The minimum atomic E-state index is -0.180. The van der Waals surface area contributed by atoms with Crippen molar-refractivity contribution in [1.82, 2.24) is 15.6 Å². The van der Waals surface area contributed by atoms with Gasteiger partial charge in [-0.3, -0.25) is 0 Å². The third kappa shape index (κ3) is 4.99.